The maximum Gasteiger partial charge on any atom is 0.355 e. The van der Waals surface area contributed by atoms with Gasteiger partial charge < -0.3 is 18.8 Å². The molecule has 8 nitrogen and oxygen atoms in total. The molecule has 2 rings (SSSR count). The third kappa shape index (κ3) is 3.57. The van der Waals surface area contributed by atoms with Crippen molar-refractivity contribution in [2.75, 3.05) is 19.5 Å². The van der Waals surface area contributed by atoms with Crippen molar-refractivity contribution in [3.63, 3.8) is 0 Å². The second-order valence-corrected chi connectivity index (χ2v) is 8.05. The Labute approximate surface area is 143 Å². The van der Waals surface area contributed by atoms with E-state index < -0.39 is 46.1 Å². The summed E-state index contributed by atoms with van der Waals surface area (Å²) in [5, 5.41) is -0.730. The molecule has 0 saturated carbocycles. The number of nitrogens with zero attached hydrogens (tertiary/aromatic N) is 1. The van der Waals surface area contributed by atoms with Gasteiger partial charge in [0.25, 0.3) is 5.91 Å². The van der Waals surface area contributed by atoms with Crippen molar-refractivity contribution in [3.8, 4) is 0 Å². The highest BCUT2D eigenvalue weighted by molar-refractivity contribution is 7.92. The average Bonchev–Trinajstić information content (AvgIpc) is 2.43. The van der Waals surface area contributed by atoms with Gasteiger partial charge in [-0.25, -0.2) is 4.79 Å². The molecular formula is C15H21NO7S. The van der Waals surface area contributed by atoms with Crippen LogP contribution in [0.2, 0.25) is 0 Å². The second-order valence-electron chi connectivity index (χ2n) is 6.51. The molecule has 0 aromatic rings. The van der Waals surface area contributed by atoms with Gasteiger partial charge >= 0.3 is 11.9 Å². The Morgan fingerprint density at radius 3 is 2.50 bits per heavy atom. The molecule has 1 saturated heterocycles. The number of ether oxygens (including phenoxy) is 3. The highest BCUT2D eigenvalue weighted by Crippen LogP contribution is 2.38. The van der Waals surface area contributed by atoms with Crippen LogP contribution in [0.5, 0.6) is 0 Å². The molecule has 2 aliphatic heterocycles. The number of amides is 1. The molecular weight excluding hydrogens is 338 g/mol. The third-order valence-electron chi connectivity index (χ3n) is 3.45. The molecule has 9 heteroatoms. The van der Waals surface area contributed by atoms with Crippen LogP contribution < -0.4 is 0 Å². The largest absolute Gasteiger partial charge is 0.614 e. The third-order valence-corrected chi connectivity index (χ3v) is 5.08. The number of methoxy groups -OCH3 is 1. The van der Waals surface area contributed by atoms with E-state index in [9.17, 15) is 18.9 Å². The summed E-state index contributed by atoms with van der Waals surface area (Å²) in [6, 6.07) is 0. The van der Waals surface area contributed by atoms with Gasteiger partial charge in [0.2, 0.25) is 11.5 Å². The number of carbonyl (C=O) groups excluding carboxylic acids is 3. The number of β-lactam (4-membered cyclic amide) rings is 1. The molecule has 3 atom stereocenters. The van der Waals surface area contributed by atoms with Crippen molar-refractivity contribution in [2.24, 2.45) is 0 Å². The Morgan fingerprint density at radius 2 is 2.00 bits per heavy atom. The van der Waals surface area contributed by atoms with Crippen molar-refractivity contribution in [3.05, 3.63) is 11.3 Å². The van der Waals surface area contributed by atoms with Gasteiger partial charge in [-0.2, -0.15) is 0 Å². The number of carbonyl (C=O) groups is 3. The lowest BCUT2D eigenvalue weighted by Gasteiger charge is -2.48. The van der Waals surface area contributed by atoms with E-state index in [1.54, 1.807) is 20.8 Å². The monoisotopic (exact) mass is 359 g/mol. The smallest absolute Gasteiger partial charge is 0.355 e. The molecule has 2 unspecified atom stereocenters. The van der Waals surface area contributed by atoms with Crippen molar-refractivity contribution in [1.82, 2.24) is 4.90 Å². The van der Waals surface area contributed by atoms with E-state index in [0.717, 1.165) is 4.90 Å². The van der Waals surface area contributed by atoms with Crippen LogP contribution in [0.4, 0.5) is 0 Å². The van der Waals surface area contributed by atoms with Crippen LogP contribution in [0.1, 0.15) is 27.7 Å². The Morgan fingerprint density at radius 1 is 1.38 bits per heavy atom. The van der Waals surface area contributed by atoms with Gasteiger partial charge in [-0.3, -0.25) is 14.5 Å². The Bertz CT molecular complexity index is 595. The molecule has 2 aliphatic rings. The summed E-state index contributed by atoms with van der Waals surface area (Å²) in [6.07, 6.45) is -0.849. The van der Waals surface area contributed by atoms with Crippen LogP contribution in [0.3, 0.4) is 0 Å². The van der Waals surface area contributed by atoms with Gasteiger partial charge in [-0.05, 0) is 31.9 Å². The van der Waals surface area contributed by atoms with Gasteiger partial charge in [0.1, 0.15) is 23.7 Å². The Kier molecular flexibility index (Phi) is 5.26. The fraction of sp³-hybridized carbons (Fsp3) is 0.667. The number of rotatable bonds is 4. The lowest BCUT2D eigenvalue weighted by atomic mass is 10.1. The summed E-state index contributed by atoms with van der Waals surface area (Å²) in [5.74, 6) is -1.70. The topological polar surface area (TPSA) is 105 Å². The van der Waals surface area contributed by atoms with E-state index in [0.29, 0.717) is 5.57 Å². The summed E-state index contributed by atoms with van der Waals surface area (Å²) < 4.78 is 27.7. The maximum absolute atomic E-state index is 12.6. The van der Waals surface area contributed by atoms with E-state index in [-0.39, 0.29) is 18.1 Å². The van der Waals surface area contributed by atoms with Crippen molar-refractivity contribution in [2.45, 2.75) is 44.8 Å². The van der Waals surface area contributed by atoms with Gasteiger partial charge in [0, 0.05) is 19.6 Å². The quantitative estimate of drug-likeness (QED) is 0.398. The number of esters is 2. The Balaban J connectivity index is 2.38. The van der Waals surface area contributed by atoms with E-state index in [1.165, 1.54) is 14.0 Å². The summed E-state index contributed by atoms with van der Waals surface area (Å²) in [6.45, 7) is 6.11. The number of fused-ring (bicyclic) bond motifs is 1. The first-order valence-corrected chi connectivity index (χ1v) is 8.77. The zero-order valence-electron chi connectivity index (χ0n) is 14.3. The van der Waals surface area contributed by atoms with Gasteiger partial charge in [-0.15, -0.1) is 0 Å². The highest BCUT2D eigenvalue weighted by Gasteiger charge is 2.61. The lowest BCUT2D eigenvalue weighted by Crippen LogP contribution is -2.70. The minimum atomic E-state index is -1.46. The molecule has 0 radical (unpaired) electrons. The molecule has 0 bridgehead atoms. The zero-order chi connectivity index (χ0) is 18.2. The zero-order valence-corrected chi connectivity index (χ0v) is 15.1. The normalized spacial score (nSPS) is 26.7. The first-order chi connectivity index (χ1) is 11.1. The molecule has 1 fully saturated rings. The SMILES string of the molecule is CO[C@@H]1C(=O)N2C(C(=O)OC(C)(C)C)=C(COC(C)=O)C[S+]([O-])C12. The van der Waals surface area contributed by atoms with Crippen molar-refractivity contribution >= 4 is 29.0 Å². The van der Waals surface area contributed by atoms with E-state index in [4.69, 9.17) is 14.2 Å². The molecule has 0 spiro atoms. The van der Waals surface area contributed by atoms with Crippen LogP contribution in [0, 0.1) is 0 Å². The van der Waals surface area contributed by atoms with Crippen LogP contribution >= 0.6 is 0 Å². The molecule has 0 aromatic carbocycles. The van der Waals surface area contributed by atoms with Crippen LogP contribution in [-0.2, 0) is 39.8 Å². The van der Waals surface area contributed by atoms with Crippen LogP contribution in [0.15, 0.2) is 11.3 Å². The molecule has 134 valence electrons. The predicted molar refractivity (Wildman–Crippen MR) is 83.9 cm³/mol. The second kappa shape index (κ2) is 6.73. The average molecular weight is 359 g/mol. The number of hydrogen-bond donors (Lipinski definition) is 0. The van der Waals surface area contributed by atoms with E-state index >= 15 is 0 Å². The first-order valence-electron chi connectivity index (χ1n) is 7.38. The van der Waals surface area contributed by atoms with E-state index in [2.05, 4.69) is 0 Å². The van der Waals surface area contributed by atoms with Crippen molar-refractivity contribution in [1.29, 1.82) is 0 Å². The maximum atomic E-state index is 12.6. The molecule has 0 aliphatic carbocycles. The molecule has 24 heavy (non-hydrogen) atoms. The molecule has 2 heterocycles. The predicted octanol–water partition coefficient (Wildman–Crippen LogP) is 0.0909. The summed E-state index contributed by atoms with van der Waals surface area (Å²) in [5.41, 5.74) is -0.469. The fourth-order valence-corrected chi connectivity index (χ4v) is 4.19. The molecule has 1 amide bonds. The van der Waals surface area contributed by atoms with Gasteiger partial charge in [0.05, 0.1) is 0 Å². The highest BCUT2D eigenvalue weighted by atomic mass is 32.2. The van der Waals surface area contributed by atoms with Gasteiger partial charge in [-0.1, -0.05) is 0 Å². The van der Waals surface area contributed by atoms with Crippen LogP contribution in [-0.4, -0.2) is 63.8 Å². The van der Waals surface area contributed by atoms with Crippen LogP contribution in [0.25, 0.3) is 0 Å². The molecule has 0 aromatic heterocycles. The minimum Gasteiger partial charge on any atom is -0.614 e. The van der Waals surface area contributed by atoms with Gasteiger partial charge in [0.15, 0.2) is 0 Å². The minimum absolute atomic E-state index is 0.00549. The fourth-order valence-electron chi connectivity index (χ4n) is 2.51. The standard InChI is InChI=1S/C15H21NO7S/c1-8(17)22-6-9-7-24(20)13-11(21-5)12(18)16(13)10(9)14(19)23-15(2,3)4/h11,13H,6-7H2,1-5H3/t11-,13?,24?/m1/s1. The Hall–Kier alpha value is -1.58. The summed E-state index contributed by atoms with van der Waals surface area (Å²) in [4.78, 5) is 37.0. The lowest BCUT2D eigenvalue weighted by molar-refractivity contribution is -0.167. The first kappa shape index (κ1) is 18.8. The summed E-state index contributed by atoms with van der Waals surface area (Å²) >= 11 is -1.46. The van der Waals surface area contributed by atoms with Crippen molar-refractivity contribution < 1.29 is 33.1 Å². The summed E-state index contributed by atoms with van der Waals surface area (Å²) in [7, 11) is 1.35. The van der Waals surface area contributed by atoms with E-state index in [1.807, 2.05) is 0 Å². The number of hydrogen-bond acceptors (Lipinski definition) is 7. The molecule has 0 N–H and O–H groups in total.